The Morgan fingerprint density at radius 3 is 2.39 bits per heavy atom. The molecule has 0 aliphatic rings. The van der Waals surface area contributed by atoms with Crippen LogP contribution < -0.4 is 10.6 Å². The average Bonchev–Trinajstić information content (AvgIpc) is 2.75. The van der Waals surface area contributed by atoms with E-state index in [9.17, 15) is 14.0 Å². The molecule has 0 aliphatic carbocycles. The molecule has 6 heteroatoms. The first-order valence-electron chi connectivity index (χ1n) is 9.76. The van der Waals surface area contributed by atoms with Crippen molar-refractivity contribution < 1.29 is 14.0 Å². The molecule has 0 bridgehead atoms. The minimum Gasteiger partial charge on any atom is -0.324 e. The molecule has 0 spiro atoms. The number of hydrogen-bond acceptors (Lipinski definition) is 3. The van der Waals surface area contributed by atoms with Crippen LogP contribution in [0.4, 0.5) is 15.8 Å². The van der Waals surface area contributed by atoms with Gasteiger partial charge in [-0.1, -0.05) is 48.0 Å². The standard InChI is InChI=1S/C25H20FN3O2/c1-15-7-9-17(10-8-15)23-14-20(19-5-3-4-6-22(19)29-23)25(31)28-18-11-12-21(26)24(13-18)27-16(2)30/h3-14H,1-2H3,(H,27,30)(H,28,31). The fraction of sp³-hybridized carbons (Fsp3) is 0.0800. The van der Waals surface area contributed by atoms with E-state index in [0.29, 0.717) is 27.8 Å². The van der Waals surface area contributed by atoms with Crippen LogP contribution >= 0.6 is 0 Å². The Bertz CT molecular complexity index is 1300. The largest absolute Gasteiger partial charge is 0.324 e. The van der Waals surface area contributed by atoms with Gasteiger partial charge >= 0.3 is 0 Å². The molecule has 0 radical (unpaired) electrons. The Balaban J connectivity index is 1.74. The lowest BCUT2D eigenvalue weighted by Crippen LogP contribution is -2.14. The molecule has 154 valence electrons. The summed E-state index contributed by atoms with van der Waals surface area (Å²) in [6, 6.07) is 21.1. The van der Waals surface area contributed by atoms with Crippen LogP contribution in [0.25, 0.3) is 22.2 Å². The minimum atomic E-state index is -0.579. The number of rotatable bonds is 4. The first kappa shape index (κ1) is 20.2. The number of hydrogen-bond donors (Lipinski definition) is 2. The molecule has 5 nitrogen and oxygen atoms in total. The van der Waals surface area contributed by atoms with Crippen molar-refractivity contribution in [3.63, 3.8) is 0 Å². The van der Waals surface area contributed by atoms with Crippen LogP contribution in [0.1, 0.15) is 22.8 Å². The van der Waals surface area contributed by atoms with E-state index in [0.717, 1.165) is 11.1 Å². The van der Waals surface area contributed by atoms with Crippen LogP contribution in [0.3, 0.4) is 0 Å². The number of carbonyl (C=O) groups excluding carboxylic acids is 2. The van der Waals surface area contributed by atoms with Gasteiger partial charge in [0.05, 0.1) is 22.5 Å². The van der Waals surface area contributed by atoms with Gasteiger partial charge in [0.25, 0.3) is 5.91 Å². The second-order valence-electron chi connectivity index (χ2n) is 7.27. The second kappa shape index (κ2) is 8.36. The Morgan fingerprint density at radius 2 is 1.65 bits per heavy atom. The second-order valence-corrected chi connectivity index (χ2v) is 7.27. The highest BCUT2D eigenvalue weighted by atomic mass is 19.1. The molecule has 0 fully saturated rings. The van der Waals surface area contributed by atoms with E-state index in [1.165, 1.54) is 25.1 Å². The van der Waals surface area contributed by atoms with Crippen molar-refractivity contribution >= 4 is 34.1 Å². The smallest absolute Gasteiger partial charge is 0.256 e. The monoisotopic (exact) mass is 413 g/mol. The summed E-state index contributed by atoms with van der Waals surface area (Å²) in [6.07, 6.45) is 0. The van der Waals surface area contributed by atoms with E-state index >= 15 is 0 Å². The number of para-hydroxylation sites is 1. The topological polar surface area (TPSA) is 71.1 Å². The molecule has 0 saturated carbocycles. The number of nitrogens with zero attached hydrogens (tertiary/aromatic N) is 1. The summed E-state index contributed by atoms with van der Waals surface area (Å²) in [7, 11) is 0. The Kier molecular flexibility index (Phi) is 5.45. The fourth-order valence-electron chi connectivity index (χ4n) is 3.32. The lowest BCUT2D eigenvalue weighted by atomic mass is 10.0. The van der Waals surface area contributed by atoms with Gasteiger partial charge < -0.3 is 10.6 Å². The summed E-state index contributed by atoms with van der Waals surface area (Å²) in [5, 5.41) is 5.92. The highest BCUT2D eigenvalue weighted by Crippen LogP contribution is 2.27. The van der Waals surface area contributed by atoms with Crippen molar-refractivity contribution in [3.8, 4) is 11.3 Å². The number of aromatic nitrogens is 1. The number of pyridine rings is 1. The van der Waals surface area contributed by atoms with E-state index in [4.69, 9.17) is 4.98 Å². The minimum absolute atomic E-state index is 0.00484. The van der Waals surface area contributed by atoms with Crippen LogP contribution in [0.15, 0.2) is 72.8 Å². The van der Waals surface area contributed by atoms with Gasteiger partial charge in [-0.2, -0.15) is 0 Å². The number of aryl methyl sites for hydroxylation is 1. The zero-order valence-corrected chi connectivity index (χ0v) is 17.1. The number of halogens is 1. The van der Waals surface area contributed by atoms with Crippen molar-refractivity contribution in [1.82, 2.24) is 4.98 Å². The maximum atomic E-state index is 13.9. The molecule has 4 rings (SSSR count). The third kappa shape index (κ3) is 4.43. The van der Waals surface area contributed by atoms with Crippen molar-refractivity contribution in [1.29, 1.82) is 0 Å². The van der Waals surface area contributed by atoms with Gasteiger partial charge in [0.15, 0.2) is 0 Å². The normalized spacial score (nSPS) is 10.7. The first-order valence-corrected chi connectivity index (χ1v) is 9.76. The third-order valence-corrected chi connectivity index (χ3v) is 4.84. The van der Waals surface area contributed by atoms with Crippen molar-refractivity contribution in [2.24, 2.45) is 0 Å². The van der Waals surface area contributed by atoms with Gasteiger partial charge in [0, 0.05) is 23.6 Å². The molecule has 3 aromatic carbocycles. The lowest BCUT2D eigenvalue weighted by Gasteiger charge is -2.12. The Morgan fingerprint density at radius 1 is 0.903 bits per heavy atom. The Labute approximate surface area is 178 Å². The molecule has 31 heavy (non-hydrogen) atoms. The van der Waals surface area contributed by atoms with Crippen LogP contribution in [0.2, 0.25) is 0 Å². The summed E-state index contributed by atoms with van der Waals surface area (Å²) in [5.74, 6) is -1.33. The van der Waals surface area contributed by atoms with E-state index in [2.05, 4.69) is 10.6 Å². The molecule has 2 N–H and O–H groups in total. The van der Waals surface area contributed by atoms with E-state index < -0.39 is 11.7 Å². The number of amides is 2. The summed E-state index contributed by atoms with van der Waals surface area (Å²) >= 11 is 0. The maximum absolute atomic E-state index is 13.9. The van der Waals surface area contributed by atoms with Crippen LogP contribution in [-0.2, 0) is 4.79 Å². The molecule has 1 aromatic heterocycles. The van der Waals surface area contributed by atoms with Crippen molar-refractivity contribution in [2.75, 3.05) is 10.6 Å². The number of benzene rings is 3. The maximum Gasteiger partial charge on any atom is 0.256 e. The van der Waals surface area contributed by atoms with Gasteiger partial charge in [-0.25, -0.2) is 9.37 Å². The Hall–Kier alpha value is -4.06. The average molecular weight is 413 g/mol. The number of fused-ring (bicyclic) bond motifs is 1. The quantitative estimate of drug-likeness (QED) is 0.460. The molecule has 0 saturated heterocycles. The molecule has 4 aromatic rings. The summed E-state index contributed by atoms with van der Waals surface area (Å²) in [4.78, 5) is 29.2. The highest BCUT2D eigenvalue weighted by molar-refractivity contribution is 6.13. The van der Waals surface area contributed by atoms with Gasteiger partial charge in [-0.15, -0.1) is 0 Å². The summed E-state index contributed by atoms with van der Waals surface area (Å²) in [5.41, 5.74) is 4.24. The molecular formula is C25H20FN3O2. The van der Waals surface area contributed by atoms with Gasteiger partial charge in [0.2, 0.25) is 5.91 Å². The summed E-state index contributed by atoms with van der Waals surface area (Å²) in [6.45, 7) is 3.30. The van der Waals surface area contributed by atoms with Gasteiger partial charge in [-0.05, 0) is 37.3 Å². The molecular weight excluding hydrogens is 393 g/mol. The number of carbonyl (C=O) groups is 2. The summed E-state index contributed by atoms with van der Waals surface area (Å²) < 4.78 is 13.9. The SMILES string of the molecule is CC(=O)Nc1cc(NC(=O)c2cc(-c3ccc(C)cc3)nc3ccccc23)ccc1F. The van der Waals surface area contributed by atoms with Crippen molar-refractivity contribution in [3.05, 3.63) is 89.7 Å². The predicted molar refractivity (Wildman–Crippen MR) is 121 cm³/mol. The van der Waals surface area contributed by atoms with Crippen LogP contribution in [0, 0.1) is 12.7 Å². The predicted octanol–water partition coefficient (Wildman–Crippen LogP) is 5.56. The zero-order valence-electron chi connectivity index (χ0n) is 17.1. The number of nitrogens with one attached hydrogen (secondary N) is 2. The van der Waals surface area contributed by atoms with E-state index in [1.54, 1.807) is 6.07 Å². The lowest BCUT2D eigenvalue weighted by molar-refractivity contribution is -0.114. The van der Waals surface area contributed by atoms with Gasteiger partial charge in [-0.3, -0.25) is 9.59 Å². The molecule has 1 heterocycles. The van der Waals surface area contributed by atoms with Crippen molar-refractivity contribution in [2.45, 2.75) is 13.8 Å². The molecule has 0 unspecified atom stereocenters. The zero-order chi connectivity index (χ0) is 22.0. The number of anilines is 2. The van der Waals surface area contributed by atoms with Crippen LogP contribution in [0.5, 0.6) is 0 Å². The molecule has 0 aliphatic heterocycles. The van der Waals surface area contributed by atoms with Crippen LogP contribution in [-0.4, -0.2) is 16.8 Å². The highest BCUT2D eigenvalue weighted by Gasteiger charge is 2.15. The first-order chi connectivity index (χ1) is 14.9. The molecule has 2 amide bonds. The van der Waals surface area contributed by atoms with E-state index in [-0.39, 0.29) is 11.6 Å². The molecule has 0 atom stereocenters. The fourth-order valence-corrected chi connectivity index (χ4v) is 3.32. The third-order valence-electron chi connectivity index (χ3n) is 4.84. The van der Waals surface area contributed by atoms with E-state index in [1.807, 2.05) is 55.5 Å². The van der Waals surface area contributed by atoms with Gasteiger partial charge in [0.1, 0.15) is 5.82 Å².